The summed E-state index contributed by atoms with van der Waals surface area (Å²) < 4.78 is 4.93. The summed E-state index contributed by atoms with van der Waals surface area (Å²) in [6.45, 7) is 1.89. The minimum absolute atomic E-state index is 0.437. The number of aromatic amines is 2. The Morgan fingerprint density at radius 3 is 2.94 bits per heavy atom. The topological polar surface area (TPSA) is 74.7 Å². The fraction of sp³-hybridized carbons (Fsp3) is 0.0909. The lowest BCUT2D eigenvalue weighted by molar-refractivity contribution is 0.555. The molecule has 0 aliphatic heterocycles. The average Bonchev–Trinajstić information content (AvgIpc) is 2.81. The minimum Gasteiger partial charge on any atom is -0.408 e. The molecule has 80 valence electrons. The second kappa shape index (κ2) is 3.10. The molecule has 5 nitrogen and oxygen atoms in total. The van der Waals surface area contributed by atoms with E-state index in [1.54, 1.807) is 12.3 Å². The Balaban J connectivity index is 2.21. The summed E-state index contributed by atoms with van der Waals surface area (Å²) in [6.07, 6.45) is 1.76. The highest BCUT2D eigenvalue weighted by atomic mass is 16.4. The molecule has 0 fully saturated rings. The SMILES string of the molecule is Cc1ncc(-c2ccc3oc(=O)[nH]c3c2)[nH]1. The van der Waals surface area contributed by atoms with Gasteiger partial charge in [0.2, 0.25) is 0 Å². The largest absolute Gasteiger partial charge is 0.417 e. The number of oxazole rings is 1. The summed E-state index contributed by atoms with van der Waals surface area (Å²) in [5.41, 5.74) is 3.13. The number of hydrogen-bond donors (Lipinski definition) is 2. The van der Waals surface area contributed by atoms with E-state index in [4.69, 9.17) is 4.42 Å². The van der Waals surface area contributed by atoms with Crippen LogP contribution in [-0.2, 0) is 0 Å². The third-order valence-electron chi connectivity index (χ3n) is 2.43. The second-order valence-corrected chi connectivity index (χ2v) is 3.61. The summed E-state index contributed by atoms with van der Waals surface area (Å²) in [5.74, 6) is 0.420. The van der Waals surface area contributed by atoms with Gasteiger partial charge in [-0.1, -0.05) is 0 Å². The Hall–Kier alpha value is -2.30. The molecule has 0 spiro atoms. The van der Waals surface area contributed by atoms with Crippen LogP contribution in [0.15, 0.2) is 33.6 Å². The van der Waals surface area contributed by atoms with Crippen LogP contribution in [0.5, 0.6) is 0 Å². The first-order valence-electron chi connectivity index (χ1n) is 4.87. The smallest absolute Gasteiger partial charge is 0.408 e. The number of aryl methyl sites for hydroxylation is 1. The van der Waals surface area contributed by atoms with E-state index in [1.807, 2.05) is 19.1 Å². The lowest BCUT2D eigenvalue weighted by Gasteiger charge is -1.96. The molecule has 5 heteroatoms. The number of aromatic nitrogens is 3. The third-order valence-corrected chi connectivity index (χ3v) is 2.43. The molecule has 0 amide bonds. The number of nitrogens with one attached hydrogen (secondary N) is 2. The summed E-state index contributed by atoms with van der Waals surface area (Å²) in [5, 5.41) is 0. The Morgan fingerprint density at radius 1 is 1.31 bits per heavy atom. The van der Waals surface area contributed by atoms with Crippen LogP contribution >= 0.6 is 0 Å². The molecular weight excluding hydrogens is 206 g/mol. The van der Waals surface area contributed by atoms with Crippen LogP contribution in [0.3, 0.4) is 0 Å². The predicted molar refractivity (Wildman–Crippen MR) is 59.2 cm³/mol. The summed E-state index contributed by atoms with van der Waals surface area (Å²) in [4.78, 5) is 20.9. The molecule has 0 radical (unpaired) electrons. The van der Waals surface area contributed by atoms with Gasteiger partial charge in [-0.2, -0.15) is 0 Å². The van der Waals surface area contributed by atoms with Crippen LogP contribution in [0.25, 0.3) is 22.4 Å². The minimum atomic E-state index is -0.437. The van der Waals surface area contributed by atoms with Crippen LogP contribution in [0.4, 0.5) is 0 Å². The van der Waals surface area contributed by atoms with E-state index in [9.17, 15) is 4.79 Å². The van der Waals surface area contributed by atoms with Crippen molar-refractivity contribution in [2.75, 3.05) is 0 Å². The van der Waals surface area contributed by atoms with E-state index in [-0.39, 0.29) is 0 Å². The highest BCUT2D eigenvalue weighted by molar-refractivity contribution is 5.78. The van der Waals surface area contributed by atoms with E-state index in [0.717, 1.165) is 17.1 Å². The molecule has 0 saturated carbocycles. The average molecular weight is 215 g/mol. The van der Waals surface area contributed by atoms with Crippen molar-refractivity contribution in [1.82, 2.24) is 15.0 Å². The number of benzene rings is 1. The molecule has 2 heterocycles. The molecule has 0 aliphatic carbocycles. The van der Waals surface area contributed by atoms with Crippen LogP contribution < -0.4 is 5.76 Å². The third kappa shape index (κ3) is 1.33. The first-order chi connectivity index (χ1) is 7.72. The molecule has 0 aliphatic rings. The van der Waals surface area contributed by atoms with E-state index < -0.39 is 5.76 Å². The number of imidazole rings is 1. The van der Waals surface area contributed by atoms with Crippen LogP contribution in [-0.4, -0.2) is 15.0 Å². The lowest BCUT2D eigenvalue weighted by Crippen LogP contribution is -1.92. The number of nitrogens with zero attached hydrogens (tertiary/aromatic N) is 1. The molecule has 0 saturated heterocycles. The molecule has 3 aromatic rings. The first kappa shape index (κ1) is 8.96. The zero-order valence-electron chi connectivity index (χ0n) is 8.57. The van der Waals surface area contributed by atoms with Gasteiger partial charge in [-0.3, -0.25) is 4.98 Å². The van der Waals surface area contributed by atoms with Gasteiger partial charge in [-0.05, 0) is 25.1 Å². The fourth-order valence-electron chi connectivity index (χ4n) is 1.69. The van der Waals surface area contributed by atoms with E-state index in [0.29, 0.717) is 11.1 Å². The van der Waals surface area contributed by atoms with Crippen molar-refractivity contribution < 1.29 is 4.42 Å². The molecular formula is C11H9N3O2. The summed E-state index contributed by atoms with van der Waals surface area (Å²) in [7, 11) is 0. The van der Waals surface area contributed by atoms with Gasteiger partial charge in [0.25, 0.3) is 0 Å². The number of rotatable bonds is 1. The molecule has 0 atom stereocenters. The summed E-state index contributed by atoms with van der Waals surface area (Å²) >= 11 is 0. The van der Waals surface area contributed by atoms with Crippen LogP contribution in [0.2, 0.25) is 0 Å². The first-order valence-corrected chi connectivity index (χ1v) is 4.87. The number of hydrogen-bond acceptors (Lipinski definition) is 3. The standard InChI is InChI=1S/C11H9N3O2/c1-6-12-5-9(13-6)7-2-3-10-8(4-7)14-11(15)16-10/h2-5H,1H3,(H,12,13)(H,14,15). The maximum absolute atomic E-state index is 11.0. The van der Waals surface area contributed by atoms with Crippen molar-refractivity contribution in [3.63, 3.8) is 0 Å². The Kier molecular flexibility index (Phi) is 1.73. The van der Waals surface area contributed by atoms with Crippen molar-refractivity contribution >= 4 is 11.1 Å². The van der Waals surface area contributed by atoms with Crippen molar-refractivity contribution in [2.24, 2.45) is 0 Å². The maximum atomic E-state index is 11.0. The maximum Gasteiger partial charge on any atom is 0.417 e. The van der Waals surface area contributed by atoms with Crippen LogP contribution in [0, 0.1) is 6.92 Å². The molecule has 16 heavy (non-hydrogen) atoms. The van der Waals surface area contributed by atoms with Crippen LogP contribution in [0.1, 0.15) is 5.82 Å². The summed E-state index contributed by atoms with van der Waals surface area (Å²) in [6, 6.07) is 5.50. The number of fused-ring (bicyclic) bond motifs is 1. The van der Waals surface area contributed by atoms with Gasteiger partial charge >= 0.3 is 5.76 Å². The molecule has 2 N–H and O–H groups in total. The molecule has 3 rings (SSSR count). The van der Waals surface area contributed by atoms with Crippen molar-refractivity contribution in [2.45, 2.75) is 6.92 Å². The van der Waals surface area contributed by atoms with Gasteiger partial charge in [-0.25, -0.2) is 9.78 Å². The van der Waals surface area contributed by atoms with Gasteiger partial charge in [0.15, 0.2) is 5.58 Å². The van der Waals surface area contributed by atoms with Crippen molar-refractivity contribution in [3.05, 3.63) is 40.8 Å². The predicted octanol–water partition coefficient (Wildman–Crippen LogP) is 1.82. The zero-order valence-corrected chi connectivity index (χ0v) is 8.57. The Bertz CT molecular complexity index is 705. The quantitative estimate of drug-likeness (QED) is 0.650. The monoisotopic (exact) mass is 215 g/mol. The van der Waals surface area contributed by atoms with E-state index >= 15 is 0 Å². The molecule has 0 unspecified atom stereocenters. The Morgan fingerprint density at radius 2 is 2.19 bits per heavy atom. The fourth-order valence-corrected chi connectivity index (χ4v) is 1.69. The van der Waals surface area contributed by atoms with Gasteiger partial charge in [0.1, 0.15) is 5.82 Å². The van der Waals surface area contributed by atoms with E-state index in [2.05, 4.69) is 15.0 Å². The Labute approximate surface area is 90.1 Å². The highest BCUT2D eigenvalue weighted by Crippen LogP contribution is 2.21. The molecule has 0 bridgehead atoms. The van der Waals surface area contributed by atoms with Crippen molar-refractivity contribution in [3.8, 4) is 11.3 Å². The van der Waals surface area contributed by atoms with Gasteiger partial charge < -0.3 is 9.40 Å². The van der Waals surface area contributed by atoms with Gasteiger partial charge in [0, 0.05) is 5.56 Å². The zero-order chi connectivity index (χ0) is 11.1. The second-order valence-electron chi connectivity index (χ2n) is 3.61. The van der Waals surface area contributed by atoms with Crippen molar-refractivity contribution in [1.29, 1.82) is 0 Å². The van der Waals surface area contributed by atoms with E-state index in [1.165, 1.54) is 0 Å². The lowest BCUT2D eigenvalue weighted by atomic mass is 10.1. The normalized spacial score (nSPS) is 11.1. The number of H-pyrrole nitrogens is 2. The highest BCUT2D eigenvalue weighted by Gasteiger charge is 2.05. The molecule has 2 aromatic heterocycles. The van der Waals surface area contributed by atoms with Gasteiger partial charge in [-0.15, -0.1) is 0 Å². The van der Waals surface area contributed by atoms with Gasteiger partial charge in [0.05, 0.1) is 17.4 Å². The molecule has 1 aromatic carbocycles.